The van der Waals surface area contributed by atoms with Crippen molar-refractivity contribution in [2.75, 3.05) is 19.8 Å². The first-order valence-corrected chi connectivity index (χ1v) is 6.69. The summed E-state index contributed by atoms with van der Waals surface area (Å²) in [7, 11) is 0. The van der Waals surface area contributed by atoms with E-state index < -0.39 is 5.60 Å². The van der Waals surface area contributed by atoms with Crippen LogP contribution in [0.1, 0.15) is 37.6 Å². The van der Waals surface area contributed by atoms with E-state index in [1.807, 2.05) is 20.8 Å². The average molecular weight is 264 g/mol. The van der Waals surface area contributed by atoms with Crippen molar-refractivity contribution >= 4 is 5.78 Å². The SMILES string of the molecule is CCOC(C)(CC)C(=O)c1ccc2c(c1)OCCO2. The topological polar surface area (TPSA) is 44.8 Å². The molecule has 0 N–H and O–H groups in total. The lowest BCUT2D eigenvalue weighted by atomic mass is 9.91. The molecule has 0 fully saturated rings. The molecule has 2 rings (SSSR count). The molecule has 19 heavy (non-hydrogen) atoms. The Balaban J connectivity index is 2.28. The Bertz CT molecular complexity index is 469. The lowest BCUT2D eigenvalue weighted by Crippen LogP contribution is -2.38. The standard InChI is InChI=1S/C15H20O4/c1-4-15(3,19-5-2)14(16)11-6-7-12-13(10-11)18-9-8-17-12/h6-7,10H,4-5,8-9H2,1-3H3. The molecule has 1 heterocycles. The van der Waals surface area contributed by atoms with Crippen LogP contribution in [-0.4, -0.2) is 31.2 Å². The smallest absolute Gasteiger partial charge is 0.194 e. The number of rotatable bonds is 5. The van der Waals surface area contributed by atoms with Crippen molar-refractivity contribution in [3.8, 4) is 11.5 Å². The van der Waals surface area contributed by atoms with Crippen LogP contribution in [0.2, 0.25) is 0 Å². The van der Waals surface area contributed by atoms with Gasteiger partial charge >= 0.3 is 0 Å². The number of fused-ring (bicyclic) bond motifs is 1. The first kappa shape index (κ1) is 13.9. The summed E-state index contributed by atoms with van der Waals surface area (Å²) in [5, 5.41) is 0. The van der Waals surface area contributed by atoms with Crippen molar-refractivity contribution in [2.45, 2.75) is 32.8 Å². The molecule has 0 saturated carbocycles. The van der Waals surface area contributed by atoms with E-state index in [1.165, 1.54) is 0 Å². The van der Waals surface area contributed by atoms with Gasteiger partial charge in [0.05, 0.1) is 0 Å². The van der Waals surface area contributed by atoms with Gasteiger partial charge in [-0.15, -0.1) is 0 Å². The van der Waals surface area contributed by atoms with Gasteiger partial charge in [-0.3, -0.25) is 4.79 Å². The van der Waals surface area contributed by atoms with E-state index in [0.29, 0.717) is 43.3 Å². The van der Waals surface area contributed by atoms with Gasteiger partial charge < -0.3 is 14.2 Å². The normalized spacial score (nSPS) is 16.8. The second-order valence-corrected chi connectivity index (χ2v) is 4.70. The first-order chi connectivity index (χ1) is 9.10. The molecule has 1 unspecified atom stereocenters. The molecule has 1 aromatic rings. The largest absolute Gasteiger partial charge is 0.486 e. The fraction of sp³-hybridized carbons (Fsp3) is 0.533. The highest BCUT2D eigenvalue weighted by molar-refractivity contribution is 6.02. The Hall–Kier alpha value is -1.55. The van der Waals surface area contributed by atoms with Crippen molar-refractivity contribution in [1.29, 1.82) is 0 Å². The predicted octanol–water partition coefficient (Wildman–Crippen LogP) is 2.85. The van der Waals surface area contributed by atoms with Gasteiger partial charge in [-0.25, -0.2) is 0 Å². The van der Waals surface area contributed by atoms with E-state index >= 15 is 0 Å². The quantitative estimate of drug-likeness (QED) is 0.767. The van der Waals surface area contributed by atoms with Crippen molar-refractivity contribution < 1.29 is 19.0 Å². The number of benzene rings is 1. The average Bonchev–Trinajstić information content (AvgIpc) is 2.46. The zero-order valence-corrected chi connectivity index (χ0v) is 11.7. The van der Waals surface area contributed by atoms with Gasteiger partial charge in [0.15, 0.2) is 17.3 Å². The molecule has 0 amide bonds. The van der Waals surface area contributed by atoms with Crippen LogP contribution in [-0.2, 0) is 4.74 Å². The van der Waals surface area contributed by atoms with Crippen LogP contribution in [0.3, 0.4) is 0 Å². The van der Waals surface area contributed by atoms with E-state index in [-0.39, 0.29) is 5.78 Å². The summed E-state index contributed by atoms with van der Waals surface area (Å²) in [5.74, 6) is 1.30. The molecule has 1 aromatic carbocycles. The first-order valence-electron chi connectivity index (χ1n) is 6.69. The monoisotopic (exact) mass is 264 g/mol. The summed E-state index contributed by atoms with van der Waals surface area (Å²) >= 11 is 0. The van der Waals surface area contributed by atoms with E-state index in [9.17, 15) is 4.79 Å². The molecule has 4 heteroatoms. The molecule has 0 spiro atoms. The third-order valence-electron chi connectivity index (χ3n) is 3.42. The zero-order chi connectivity index (χ0) is 13.9. The van der Waals surface area contributed by atoms with Crippen LogP contribution in [0.4, 0.5) is 0 Å². The number of ketones is 1. The number of carbonyl (C=O) groups excluding carboxylic acids is 1. The van der Waals surface area contributed by atoms with Gasteiger partial charge in [0.25, 0.3) is 0 Å². The predicted molar refractivity (Wildman–Crippen MR) is 72.1 cm³/mol. The van der Waals surface area contributed by atoms with Crippen LogP contribution in [0.25, 0.3) is 0 Å². The summed E-state index contributed by atoms with van der Waals surface area (Å²) in [5.41, 5.74) is -0.180. The number of Topliss-reactive ketones (excluding diaryl/α,β-unsaturated/α-hetero) is 1. The summed E-state index contributed by atoms with van der Waals surface area (Å²) in [6, 6.07) is 5.29. The van der Waals surface area contributed by atoms with Crippen LogP contribution in [0.15, 0.2) is 18.2 Å². The molecule has 0 bridgehead atoms. The molecule has 0 radical (unpaired) electrons. The van der Waals surface area contributed by atoms with E-state index in [0.717, 1.165) is 0 Å². The number of ether oxygens (including phenoxy) is 3. The Labute approximate surface area is 113 Å². The minimum atomic E-state index is -0.779. The van der Waals surface area contributed by atoms with Gasteiger partial charge in [0.2, 0.25) is 0 Å². The number of carbonyl (C=O) groups is 1. The number of hydrogen-bond donors (Lipinski definition) is 0. The Kier molecular flexibility index (Phi) is 4.10. The highest BCUT2D eigenvalue weighted by Gasteiger charge is 2.33. The van der Waals surface area contributed by atoms with Crippen molar-refractivity contribution in [3.05, 3.63) is 23.8 Å². The summed E-state index contributed by atoms with van der Waals surface area (Å²) in [4.78, 5) is 12.6. The minimum absolute atomic E-state index is 0.0196. The van der Waals surface area contributed by atoms with Crippen molar-refractivity contribution in [3.63, 3.8) is 0 Å². The summed E-state index contributed by atoms with van der Waals surface area (Å²) in [6.07, 6.45) is 0.633. The fourth-order valence-electron chi connectivity index (χ4n) is 2.14. The fourth-order valence-corrected chi connectivity index (χ4v) is 2.14. The Morgan fingerprint density at radius 2 is 1.95 bits per heavy atom. The highest BCUT2D eigenvalue weighted by Crippen LogP contribution is 2.32. The van der Waals surface area contributed by atoms with Gasteiger partial charge in [-0.1, -0.05) is 6.92 Å². The van der Waals surface area contributed by atoms with Gasteiger partial charge in [0.1, 0.15) is 18.8 Å². The van der Waals surface area contributed by atoms with Crippen molar-refractivity contribution in [1.82, 2.24) is 0 Å². The Morgan fingerprint density at radius 1 is 1.26 bits per heavy atom. The molecular weight excluding hydrogens is 244 g/mol. The molecule has 0 saturated heterocycles. The van der Waals surface area contributed by atoms with Crippen LogP contribution < -0.4 is 9.47 Å². The molecule has 4 nitrogen and oxygen atoms in total. The minimum Gasteiger partial charge on any atom is -0.486 e. The molecule has 104 valence electrons. The van der Waals surface area contributed by atoms with Crippen LogP contribution >= 0.6 is 0 Å². The van der Waals surface area contributed by atoms with E-state index in [1.54, 1.807) is 18.2 Å². The third-order valence-corrected chi connectivity index (χ3v) is 3.42. The number of hydrogen-bond acceptors (Lipinski definition) is 4. The van der Waals surface area contributed by atoms with Gasteiger partial charge in [-0.05, 0) is 38.5 Å². The summed E-state index contributed by atoms with van der Waals surface area (Å²) in [6.45, 7) is 7.25. The van der Waals surface area contributed by atoms with E-state index in [2.05, 4.69) is 0 Å². The maximum Gasteiger partial charge on any atom is 0.194 e. The molecule has 1 aliphatic heterocycles. The lowest BCUT2D eigenvalue weighted by molar-refractivity contribution is -0.0116. The van der Waals surface area contributed by atoms with E-state index in [4.69, 9.17) is 14.2 Å². The zero-order valence-electron chi connectivity index (χ0n) is 11.7. The lowest BCUT2D eigenvalue weighted by Gasteiger charge is -2.27. The second-order valence-electron chi connectivity index (χ2n) is 4.70. The maximum absolute atomic E-state index is 12.6. The summed E-state index contributed by atoms with van der Waals surface area (Å²) < 4.78 is 16.6. The van der Waals surface area contributed by atoms with Crippen LogP contribution in [0, 0.1) is 0 Å². The van der Waals surface area contributed by atoms with Gasteiger partial charge in [-0.2, -0.15) is 0 Å². The van der Waals surface area contributed by atoms with Gasteiger partial charge in [0, 0.05) is 12.2 Å². The highest BCUT2D eigenvalue weighted by atomic mass is 16.6. The Morgan fingerprint density at radius 3 is 2.58 bits per heavy atom. The maximum atomic E-state index is 12.6. The molecule has 0 aliphatic carbocycles. The molecule has 1 atom stereocenters. The molecule has 1 aliphatic rings. The third kappa shape index (κ3) is 2.73. The molecule has 0 aromatic heterocycles. The van der Waals surface area contributed by atoms with Crippen molar-refractivity contribution in [2.24, 2.45) is 0 Å². The molecular formula is C15H20O4. The second kappa shape index (κ2) is 5.61. The van der Waals surface area contributed by atoms with Crippen LogP contribution in [0.5, 0.6) is 11.5 Å².